The van der Waals surface area contributed by atoms with Crippen molar-refractivity contribution in [3.8, 4) is 12.3 Å². The third-order valence-electron chi connectivity index (χ3n) is 2.51. The summed E-state index contributed by atoms with van der Waals surface area (Å²) in [5.41, 5.74) is 0.0991. The maximum Gasteiger partial charge on any atom is 0.130 e. The van der Waals surface area contributed by atoms with E-state index in [0.29, 0.717) is 12.8 Å². The third kappa shape index (κ3) is 3.04. The smallest absolute Gasteiger partial charge is 0.130 e. The Kier molecular flexibility index (Phi) is 4.94. The van der Waals surface area contributed by atoms with E-state index in [1.807, 2.05) is 0 Å². The van der Waals surface area contributed by atoms with Gasteiger partial charge >= 0.3 is 0 Å². The molecular formula is C13H15F2N. The van der Waals surface area contributed by atoms with E-state index in [0.717, 1.165) is 6.42 Å². The summed E-state index contributed by atoms with van der Waals surface area (Å²) in [6.07, 6.45) is 7.12. The molecule has 0 aliphatic rings. The van der Waals surface area contributed by atoms with Gasteiger partial charge in [0.1, 0.15) is 11.6 Å². The van der Waals surface area contributed by atoms with Crippen molar-refractivity contribution in [1.82, 2.24) is 5.32 Å². The molecule has 1 N–H and O–H groups in total. The van der Waals surface area contributed by atoms with Crippen LogP contribution in [0.25, 0.3) is 0 Å². The second-order valence-electron chi connectivity index (χ2n) is 3.57. The van der Waals surface area contributed by atoms with Crippen molar-refractivity contribution in [2.45, 2.75) is 25.3 Å². The fourth-order valence-electron chi connectivity index (χ4n) is 1.68. The molecule has 1 nitrogen and oxygen atoms in total. The Hall–Kier alpha value is -1.40. The molecule has 86 valence electrons. The molecule has 1 atom stereocenters. The molecule has 0 saturated heterocycles. The molecule has 3 heteroatoms. The van der Waals surface area contributed by atoms with Crippen LogP contribution in [0.5, 0.6) is 0 Å². The van der Waals surface area contributed by atoms with Crippen LogP contribution in [0.3, 0.4) is 0 Å². The Labute approximate surface area is 94.9 Å². The average Bonchev–Trinajstić information content (AvgIpc) is 2.26. The highest BCUT2D eigenvalue weighted by molar-refractivity contribution is 5.23. The Balaban J connectivity index is 2.83. The van der Waals surface area contributed by atoms with Crippen LogP contribution < -0.4 is 5.32 Å². The van der Waals surface area contributed by atoms with Gasteiger partial charge in [0.05, 0.1) is 0 Å². The predicted octanol–water partition coefficient (Wildman–Crippen LogP) is 3.03. The van der Waals surface area contributed by atoms with Crippen LogP contribution in [-0.4, -0.2) is 7.05 Å². The van der Waals surface area contributed by atoms with E-state index < -0.39 is 11.6 Å². The molecule has 1 aromatic rings. The third-order valence-corrected chi connectivity index (χ3v) is 2.51. The quantitative estimate of drug-likeness (QED) is 0.597. The molecule has 1 unspecified atom stereocenters. The maximum absolute atomic E-state index is 13.5. The van der Waals surface area contributed by atoms with E-state index >= 15 is 0 Å². The molecule has 0 heterocycles. The summed E-state index contributed by atoms with van der Waals surface area (Å²) in [6.45, 7) is 0. The van der Waals surface area contributed by atoms with E-state index in [-0.39, 0.29) is 11.6 Å². The fraction of sp³-hybridized carbons (Fsp3) is 0.385. The lowest BCUT2D eigenvalue weighted by molar-refractivity contribution is 0.464. The SMILES string of the molecule is C#CCCCC(NC)c1c(F)cccc1F. The van der Waals surface area contributed by atoms with Crippen LogP contribution in [0.4, 0.5) is 8.78 Å². The topological polar surface area (TPSA) is 12.0 Å². The van der Waals surface area contributed by atoms with Gasteiger partial charge in [0, 0.05) is 18.0 Å². The van der Waals surface area contributed by atoms with Crippen molar-refractivity contribution in [2.75, 3.05) is 7.05 Å². The summed E-state index contributed by atoms with van der Waals surface area (Å²) in [5.74, 6) is 1.48. The van der Waals surface area contributed by atoms with E-state index in [4.69, 9.17) is 6.42 Å². The number of halogens is 2. The van der Waals surface area contributed by atoms with Crippen LogP contribution in [0, 0.1) is 24.0 Å². The second kappa shape index (κ2) is 6.24. The second-order valence-corrected chi connectivity index (χ2v) is 3.57. The monoisotopic (exact) mass is 223 g/mol. The van der Waals surface area contributed by atoms with Crippen LogP contribution in [0.2, 0.25) is 0 Å². The molecule has 0 aromatic heterocycles. The molecule has 0 saturated carbocycles. The summed E-state index contributed by atoms with van der Waals surface area (Å²) >= 11 is 0. The number of nitrogens with one attached hydrogen (secondary N) is 1. The van der Waals surface area contributed by atoms with Crippen molar-refractivity contribution < 1.29 is 8.78 Å². The van der Waals surface area contributed by atoms with E-state index in [1.54, 1.807) is 7.05 Å². The Morgan fingerprint density at radius 3 is 2.50 bits per heavy atom. The van der Waals surface area contributed by atoms with Crippen molar-refractivity contribution in [1.29, 1.82) is 0 Å². The van der Waals surface area contributed by atoms with Crippen LogP contribution in [-0.2, 0) is 0 Å². The maximum atomic E-state index is 13.5. The molecule has 0 amide bonds. The highest BCUT2D eigenvalue weighted by Crippen LogP contribution is 2.24. The van der Waals surface area contributed by atoms with Gasteiger partial charge in [0.15, 0.2) is 0 Å². The molecule has 0 fully saturated rings. The van der Waals surface area contributed by atoms with Crippen molar-refractivity contribution >= 4 is 0 Å². The summed E-state index contributed by atoms with van der Waals surface area (Å²) in [5, 5.41) is 2.91. The molecule has 0 aliphatic heterocycles. The first kappa shape index (κ1) is 12.7. The lowest BCUT2D eigenvalue weighted by atomic mass is 10.00. The normalized spacial score (nSPS) is 12.1. The number of hydrogen-bond acceptors (Lipinski definition) is 1. The van der Waals surface area contributed by atoms with Crippen LogP contribution >= 0.6 is 0 Å². The van der Waals surface area contributed by atoms with Crippen molar-refractivity contribution in [3.05, 3.63) is 35.4 Å². The summed E-state index contributed by atoms with van der Waals surface area (Å²) in [4.78, 5) is 0. The Bertz CT molecular complexity index is 362. The van der Waals surface area contributed by atoms with Gasteiger partial charge < -0.3 is 5.32 Å². The van der Waals surface area contributed by atoms with Crippen LogP contribution in [0.1, 0.15) is 30.9 Å². The molecule has 16 heavy (non-hydrogen) atoms. The number of terminal acetylenes is 1. The molecule has 0 spiro atoms. The van der Waals surface area contributed by atoms with E-state index in [1.165, 1.54) is 18.2 Å². The summed E-state index contributed by atoms with van der Waals surface area (Å²) < 4.78 is 27.0. The lowest BCUT2D eigenvalue weighted by Crippen LogP contribution is -2.19. The minimum Gasteiger partial charge on any atom is -0.313 e. The number of unbranched alkanes of at least 4 members (excludes halogenated alkanes) is 1. The number of rotatable bonds is 5. The van der Waals surface area contributed by atoms with Crippen molar-refractivity contribution in [3.63, 3.8) is 0 Å². The summed E-state index contributed by atoms with van der Waals surface area (Å²) in [6, 6.07) is 3.57. The van der Waals surface area contributed by atoms with Gasteiger partial charge in [-0.15, -0.1) is 12.3 Å². The van der Waals surface area contributed by atoms with Gasteiger partial charge in [0.2, 0.25) is 0 Å². The molecule has 1 aromatic carbocycles. The first-order valence-corrected chi connectivity index (χ1v) is 5.25. The average molecular weight is 223 g/mol. The minimum atomic E-state index is -0.514. The first-order chi connectivity index (χ1) is 7.70. The zero-order valence-electron chi connectivity index (χ0n) is 9.26. The number of hydrogen-bond donors (Lipinski definition) is 1. The van der Waals surface area contributed by atoms with Gasteiger partial charge in [-0.1, -0.05) is 6.07 Å². The minimum absolute atomic E-state index is 0.0991. The predicted molar refractivity (Wildman–Crippen MR) is 60.8 cm³/mol. The fourth-order valence-corrected chi connectivity index (χ4v) is 1.68. The Morgan fingerprint density at radius 2 is 2.00 bits per heavy atom. The largest absolute Gasteiger partial charge is 0.313 e. The van der Waals surface area contributed by atoms with Crippen LogP contribution in [0.15, 0.2) is 18.2 Å². The van der Waals surface area contributed by atoms with E-state index in [2.05, 4.69) is 11.2 Å². The number of benzene rings is 1. The first-order valence-electron chi connectivity index (χ1n) is 5.25. The van der Waals surface area contributed by atoms with Gasteiger partial charge in [-0.2, -0.15) is 0 Å². The molecule has 0 bridgehead atoms. The van der Waals surface area contributed by atoms with Gasteiger partial charge in [-0.05, 0) is 32.0 Å². The highest BCUT2D eigenvalue weighted by atomic mass is 19.1. The molecular weight excluding hydrogens is 208 g/mol. The zero-order chi connectivity index (χ0) is 12.0. The Morgan fingerprint density at radius 1 is 1.38 bits per heavy atom. The van der Waals surface area contributed by atoms with Crippen molar-refractivity contribution in [2.24, 2.45) is 0 Å². The van der Waals surface area contributed by atoms with Gasteiger partial charge in [0.25, 0.3) is 0 Å². The highest BCUT2D eigenvalue weighted by Gasteiger charge is 2.17. The van der Waals surface area contributed by atoms with E-state index in [9.17, 15) is 8.78 Å². The van der Waals surface area contributed by atoms with Gasteiger partial charge in [-0.25, -0.2) is 8.78 Å². The molecule has 0 radical (unpaired) electrons. The zero-order valence-corrected chi connectivity index (χ0v) is 9.26. The summed E-state index contributed by atoms with van der Waals surface area (Å²) in [7, 11) is 1.69. The standard InChI is InChI=1S/C13H15F2N/c1-3-4-5-9-12(16-2)13-10(14)7-6-8-11(13)15/h1,6-8,12,16H,4-5,9H2,2H3. The van der Waals surface area contributed by atoms with Gasteiger partial charge in [-0.3, -0.25) is 0 Å². The molecule has 0 aliphatic carbocycles. The molecule has 1 rings (SSSR count). The lowest BCUT2D eigenvalue weighted by Gasteiger charge is -2.17.